The van der Waals surface area contributed by atoms with Crippen molar-refractivity contribution < 1.29 is 4.79 Å². The molecule has 0 saturated heterocycles. The fourth-order valence-corrected chi connectivity index (χ4v) is 1.85. The molecule has 0 bridgehead atoms. The maximum atomic E-state index is 11.7. The van der Waals surface area contributed by atoms with Gasteiger partial charge in [-0.05, 0) is 30.9 Å². The Morgan fingerprint density at radius 2 is 2.06 bits per heavy atom. The Bertz CT molecular complexity index is 574. The summed E-state index contributed by atoms with van der Waals surface area (Å²) in [6, 6.07) is 7.84. The minimum absolute atomic E-state index is 0.286. The lowest BCUT2D eigenvalue weighted by atomic mass is 10.2. The number of aryl methyl sites for hydroxylation is 2. The van der Waals surface area contributed by atoms with E-state index >= 15 is 0 Å². The molecule has 0 radical (unpaired) electrons. The zero-order valence-electron chi connectivity index (χ0n) is 10.0. The second-order valence-corrected chi connectivity index (χ2v) is 4.55. The number of nitrogens with one attached hydrogen (secondary N) is 1. The molecule has 5 nitrogen and oxygen atoms in total. The van der Waals surface area contributed by atoms with Gasteiger partial charge in [0, 0.05) is 0 Å². The predicted molar refractivity (Wildman–Crippen MR) is 70.9 cm³/mol. The monoisotopic (exact) mass is 260 g/mol. The Hall–Kier alpha value is -2.08. The summed E-state index contributed by atoms with van der Waals surface area (Å²) in [4.78, 5) is 12.2. The second kappa shape index (κ2) is 5.50. The van der Waals surface area contributed by atoms with Crippen LogP contribution in [0.5, 0.6) is 0 Å². The van der Waals surface area contributed by atoms with E-state index in [1.807, 2.05) is 31.2 Å². The summed E-state index contributed by atoms with van der Waals surface area (Å²) in [6.45, 7) is 3.75. The largest absolute Gasteiger partial charge is 0.285 e. The fraction of sp³-hybridized carbons (Fsp3) is 0.167. The molecular formula is C12H12N4OS. The number of carbonyl (C=O) groups is 1. The highest BCUT2D eigenvalue weighted by Gasteiger charge is 2.11. The van der Waals surface area contributed by atoms with Crippen LogP contribution in [0.3, 0.4) is 0 Å². The summed E-state index contributed by atoms with van der Waals surface area (Å²) < 4.78 is 3.70. The van der Waals surface area contributed by atoms with Gasteiger partial charge in [-0.25, -0.2) is 5.43 Å². The summed E-state index contributed by atoms with van der Waals surface area (Å²) in [6.07, 6.45) is 1.60. The Kier molecular flexibility index (Phi) is 3.78. The highest BCUT2D eigenvalue weighted by atomic mass is 32.1. The Labute approximate surface area is 109 Å². The van der Waals surface area contributed by atoms with Crippen LogP contribution in [0.2, 0.25) is 0 Å². The molecule has 18 heavy (non-hydrogen) atoms. The zero-order chi connectivity index (χ0) is 13.0. The Morgan fingerprint density at radius 3 is 2.67 bits per heavy atom. The first-order valence-electron chi connectivity index (χ1n) is 5.36. The molecule has 1 N–H and O–H groups in total. The van der Waals surface area contributed by atoms with Gasteiger partial charge in [0.05, 0.1) is 11.9 Å². The number of carbonyl (C=O) groups excluding carboxylic acids is 1. The van der Waals surface area contributed by atoms with Crippen molar-refractivity contribution in [1.29, 1.82) is 0 Å². The molecule has 1 aromatic carbocycles. The number of rotatable bonds is 3. The van der Waals surface area contributed by atoms with Gasteiger partial charge >= 0.3 is 0 Å². The van der Waals surface area contributed by atoms with E-state index in [9.17, 15) is 4.79 Å². The van der Waals surface area contributed by atoms with Crippen molar-refractivity contribution in [2.24, 2.45) is 5.10 Å². The van der Waals surface area contributed by atoms with Gasteiger partial charge in [-0.15, -0.1) is 5.10 Å². The normalized spacial score (nSPS) is 10.8. The third-order valence-corrected chi connectivity index (χ3v) is 3.14. The number of hydrogen-bond donors (Lipinski definition) is 1. The van der Waals surface area contributed by atoms with Crippen molar-refractivity contribution in [2.75, 3.05) is 0 Å². The number of amides is 1. The van der Waals surface area contributed by atoms with Gasteiger partial charge in [-0.2, -0.15) is 5.10 Å². The van der Waals surface area contributed by atoms with E-state index in [1.165, 1.54) is 5.56 Å². The molecule has 92 valence electrons. The first kappa shape index (κ1) is 12.4. The van der Waals surface area contributed by atoms with Crippen molar-refractivity contribution in [2.45, 2.75) is 13.8 Å². The Balaban J connectivity index is 1.98. The molecule has 1 amide bonds. The molecule has 0 unspecified atom stereocenters. The van der Waals surface area contributed by atoms with Gasteiger partial charge in [0.15, 0.2) is 0 Å². The zero-order valence-corrected chi connectivity index (χ0v) is 10.9. The van der Waals surface area contributed by atoms with Gasteiger partial charge in [0.2, 0.25) is 0 Å². The van der Waals surface area contributed by atoms with E-state index < -0.39 is 0 Å². The summed E-state index contributed by atoms with van der Waals surface area (Å²) in [7, 11) is 0. The van der Waals surface area contributed by atoms with Crippen LogP contribution in [-0.2, 0) is 0 Å². The molecule has 0 spiro atoms. The average Bonchev–Trinajstić information content (AvgIpc) is 2.78. The molecule has 2 rings (SSSR count). The SMILES string of the molecule is Cc1ccc(/C=N/NC(=O)c2snnc2C)cc1. The van der Waals surface area contributed by atoms with E-state index in [0.717, 1.165) is 17.1 Å². The molecule has 0 aliphatic heterocycles. The lowest BCUT2D eigenvalue weighted by molar-refractivity contribution is 0.0958. The molecule has 0 saturated carbocycles. The topological polar surface area (TPSA) is 67.2 Å². The molecule has 0 aliphatic rings. The first-order chi connectivity index (χ1) is 8.66. The fourth-order valence-electron chi connectivity index (χ4n) is 1.31. The van der Waals surface area contributed by atoms with Crippen LogP contribution in [0.25, 0.3) is 0 Å². The van der Waals surface area contributed by atoms with Crippen LogP contribution in [0.4, 0.5) is 0 Å². The van der Waals surface area contributed by atoms with E-state index in [1.54, 1.807) is 13.1 Å². The first-order valence-corrected chi connectivity index (χ1v) is 6.13. The summed E-state index contributed by atoms with van der Waals surface area (Å²) in [5.41, 5.74) is 5.18. The van der Waals surface area contributed by atoms with Gasteiger partial charge in [0.1, 0.15) is 4.88 Å². The molecule has 1 aromatic heterocycles. The predicted octanol–water partition coefficient (Wildman–Crippen LogP) is 1.92. The van der Waals surface area contributed by atoms with Crippen LogP contribution in [0, 0.1) is 13.8 Å². The average molecular weight is 260 g/mol. The molecule has 0 atom stereocenters. The maximum Gasteiger partial charge on any atom is 0.285 e. The molecule has 0 aliphatic carbocycles. The number of hydrazone groups is 1. The summed E-state index contributed by atoms with van der Waals surface area (Å²) in [5, 5.41) is 7.66. The molecular weight excluding hydrogens is 248 g/mol. The smallest absolute Gasteiger partial charge is 0.266 e. The van der Waals surface area contributed by atoms with E-state index in [4.69, 9.17) is 0 Å². The van der Waals surface area contributed by atoms with Crippen molar-refractivity contribution in [3.05, 3.63) is 46.0 Å². The third kappa shape index (κ3) is 2.98. The van der Waals surface area contributed by atoms with Crippen molar-refractivity contribution in [1.82, 2.24) is 15.0 Å². The number of hydrogen-bond acceptors (Lipinski definition) is 5. The van der Waals surface area contributed by atoms with Gasteiger partial charge in [0.25, 0.3) is 5.91 Å². The van der Waals surface area contributed by atoms with Gasteiger partial charge in [-0.1, -0.05) is 34.3 Å². The minimum Gasteiger partial charge on any atom is -0.266 e. The highest BCUT2D eigenvalue weighted by Crippen LogP contribution is 2.08. The quantitative estimate of drug-likeness (QED) is 0.677. The van der Waals surface area contributed by atoms with E-state index in [-0.39, 0.29) is 5.91 Å². The van der Waals surface area contributed by atoms with E-state index in [0.29, 0.717) is 10.6 Å². The molecule has 6 heteroatoms. The standard InChI is InChI=1S/C12H12N4OS/c1-8-3-5-10(6-4-8)7-13-15-12(17)11-9(2)14-16-18-11/h3-7H,1-2H3,(H,15,17)/b13-7+. The summed E-state index contributed by atoms with van der Waals surface area (Å²) in [5.74, 6) is -0.286. The van der Waals surface area contributed by atoms with Gasteiger partial charge in [-0.3, -0.25) is 4.79 Å². The minimum atomic E-state index is -0.286. The van der Waals surface area contributed by atoms with Crippen LogP contribution in [0.15, 0.2) is 29.4 Å². The Morgan fingerprint density at radius 1 is 1.33 bits per heavy atom. The van der Waals surface area contributed by atoms with Crippen LogP contribution in [0.1, 0.15) is 26.5 Å². The van der Waals surface area contributed by atoms with E-state index in [2.05, 4.69) is 20.1 Å². The molecule has 0 fully saturated rings. The lowest BCUT2D eigenvalue weighted by Gasteiger charge is -1.97. The highest BCUT2D eigenvalue weighted by molar-refractivity contribution is 7.07. The number of benzene rings is 1. The van der Waals surface area contributed by atoms with Crippen LogP contribution in [-0.4, -0.2) is 21.7 Å². The van der Waals surface area contributed by atoms with Crippen molar-refractivity contribution in [3.63, 3.8) is 0 Å². The summed E-state index contributed by atoms with van der Waals surface area (Å²) >= 11 is 1.06. The van der Waals surface area contributed by atoms with Crippen LogP contribution < -0.4 is 5.43 Å². The second-order valence-electron chi connectivity index (χ2n) is 3.80. The molecule has 2 aromatic rings. The maximum absolute atomic E-state index is 11.7. The van der Waals surface area contributed by atoms with Crippen LogP contribution >= 0.6 is 11.5 Å². The number of aromatic nitrogens is 2. The van der Waals surface area contributed by atoms with Crippen molar-refractivity contribution >= 4 is 23.7 Å². The number of nitrogens with zero attached hydrogens (tertiary/aromatic N) is 3. The molecule has 1 heterocycles. The third-order valence-electron chi connectivity index (χ3n) is 2.31. The van der Waals surface area contributed by atoms with Gasteiger partial charge < -0.3 is 0 Å². The van der Waals surface area contributed by atoms with Crippen molar-refractivity contribution in [3.8, 4) is 0 Å². The lowest BCUT2D eigenvalue weighted by Crippen LogP contribution is -2.17.